The second kappa shape index (κ2) is 8.30. The van der Waals surface area contributed by atoms with Crippen molar-refractivity contribution in [3.8, 4) is 0 Å². The Hall–Kier alpha value is -0.830. The van der Waals surface area contributed by atoms with E-state index in [0.29, 0.717) is 6.04 Å². The molecule has 0 aromatic carbocycles. The molecular formula is C15H29N3. The molecule has 1 aromatic rings. The summed E-state index contributed by atoms with van der Waals surface area (Å²) in [6.07, 6.45) is 8.62. The van der Waals surface area contributed by atoms with Gasteiger partial charge in [0.05, 0.1) is 5.69 Å². The lowest BCUT2D eigenvalue weighted by atomic mass is 10.2. The topological polar surface area (TPSA) is 29.9 Å². The summed E-state index contributed by atoms with van der Waals surface area (Å²) in [6, 6.07) is 0.362. The van der Waals surface area contributed by atoms with E-state index < -0.39 is 0 Å². The number of aryl methyl sites for hydroxylation is 2. The van der Waals surface area contributed by atoms with Crippen LogP contribution < -0.4 is 5.32 Å². The van der Waals surface area contributed by atoms with Gasteiger partial charge in [-0.05, 0) is 33.2 Å². The molecule has 0 saturated carbocycles. The van der Waals surface area contributed by atoms with E-state index in [2.05, 4.69) is 48.8 Å². The Kier molecular flexibility index (Phi) is 7.02. The molecule has 0 fully saturated rings. The highest BCUT2D eigenvalue weighted by atomic mass is 15.1. The molecule has 0 radical (unpaired) electrons. The van der Waals surface area contributed by atoms with Crippen molar-refractivity contribution in [2.24, 2.45) is 0 Å². The van der Waals surface area contributed by atoms with Crippen molar-refractivity contribution in [2.45, 2.75) is 72.4 Å². The number of rotatable bonds is 9. The van der Waals surface area contributed by atoms with Crippen molar-refractivity contribution in [1.29, 1.82) is 0 Å². The number of aromatic nitrogens is 2. The summed E-state index contributed by atoms with van der Waals surface area (Å²) in [6.45, 7) is 10.9. The van der Waals surface area contributed by atoms with Gasteiger partial charge in [-0.2, -0.15) is 0 Å². The molecule has 1 heterocycles. The maximum atomic E-state index is 4.66. The molecule has 1 N–H and O–H groups in total. The largest absolute Gasteiger partial charge is 0.335 e. The van der Waals surface area contributed by atoms with Crippen LogP contribution in [0.2, 0.25) is 0 Å². The van der Waals surface area contributed by atoms with Crippen molar-refractivity contribution in [3.63, 3.8) is 0 Å². The van der Waals surface area contributed by atoms with E-state index in [1.807, 2.05) is 0 Å². The lowest BCUT2D eigenvalue weighted by Crippen LogP contribution is -2.19. The Balaban J connectivity index is 2.47. The van der Waals surface area contributed by atoms with E-state index in [9.17, 15) is 0 Å². The second-order valence-corrected chi connectivity index (χ2v) is 5.14. The van der Waals surface area contributed by atoms with Gasteiger partial charge in [0.25, 0.3) is 0 Å². The van der Waals surface area contributed by atoms with Crippen molar-refractivity contribution in [2.75, 3.05) is 6.54 Å². The predicted molar refractivity (Wildman–Crippen MR) is 77.8 cm³/mol. The van der Waals surface area contributed by atoms with Gasteiger partial charge in [0.15, 0.2) is 0 Å². The van der Waals surface area contributed by atoms with E-state index in [1.165, 1.54) is 37.8 Å². The van der Waals surface area contributed by atoms with Crippen molar-refractivity contribution in [3.05, 3.63) is 17.7 Å². The predicted octanol–water partition coefficient (Wildman–Crippen LogP) is 3.83. The highest BCUT2D eigenvalue weighted by molar-refractivity contribution is 5.07. The van der Waals surface area contributed by atoms with Crippen LogP contribution >= 0.6 is 0 Å². The highest BCUT2D eigenvalue weighted by Crippen LogP contribution is 2.13. The number of hydrogen-bond acceptors (Lipinski definition) is 2. The first-order valence-electron chi connectivity index (χ1n) is 7.46. The average Bonchev–Trinajstić information content (AvgIpc) is 2.73. The van der Waals surface area contributed by atoms with E-state index >= 15 is 0 Å². The SMILES string of the molecule is CCCCCCn1cc(C(C)NCCC)nc1C. The summed E-state index contributed by atoms with van der Waals surface area (Å²) in [5.74, 6) is 1.15. The van der Waals surface area contributed by atoms with Gasteiger partial charge >= 0.3 is 0 Å². The molecule has 104 valence electrons. The monoisotopic (exact) mass is 251 g/mol. The van der Waals surface area contributed by atoms with E-state index in [0.717, 1.165) is 18.9 Å². The van der Waals surface area contributed by atoms with Crippen molar-refractivity contribution >= 4 is 0 Å². The fraction of sp³-hybridized carbons (Fsp3) is 0.800. The van der Waals surface area contributed by atoms with Crippen molar-refractivity contribution < 1.29 is 0 Å². The van der Waals surface area contributed by atoms with Crippen LogP contribution in [0.4, 0.5) is 0 Å². The number of hydrogen-bond donors (Lipinski definition) is 1. The van der Waals surface area contributed by atoms with Gasteiger partial charge in [-0.15, -0.1) is 0 Å². The second-order valence-electron chi connectivity index (χ2n) is 5.14. The molecule has 0 aliphatic rings. The minimum atomic E-state index is 0.362. The van der Waals surface area contributed by atoms with Gasteiger partial charge in [0, 0.05) is 18.8 Å². The third kappa shape index (κ3) is 4.81. The number of nitrogens with one attached hydrogen (secondary N) is 1. The Morgan fingerprint density at radius 3 is 2.67 bits per heavy atom. The van der Waals surface area contributed by atoms with E-state index in [4.69, 9.17) is 0 Å². The first-order chi connectivity index (χ1) is 8.69. The summed E-state index contributed by atoms with van der Waals surface area (Å²) in [5, 5.41) is 3.49. The molecule has 0 saturated heterocycles. The van der Waals surface area contributed by atoms with Crippen LogP contribution in [0.1, 0.15) is 70.4 Å². The Morgan fingerprint density at radius 1 is 1.22 bits per heavy atom. The quantitative estimate of drug-likeness (QED) is 0.676. The minimum absolute atomic E-state index is 0.362. The Labute approximate surface area is 112 Å². The molecule has 3 nitrogen and oxygen atoms in total. The molecule has 0 spiro atoms. The highest BCUT2D eigenvalue weighted by Gasteiger charge is 2.10. The minimum Gasteiger partial charge on any atom is -0.335 e. The van der Waals surface area contributed by atoms with Crippen molar-refractivity contribution in [1.82, 2.24) is 14.9 Å². The smallest absolute Gasteiger partial charge is 0.105 e. The molecule has 0 aliphatic carbocycles. The van der Waals surface area contributed by atoms with Crippen LogP contribution in [-0.4, -0.2) is 16.1 Å². The van der Waals surface area contributed by atoms with Gasteiger partial charge in [-0.3, -0.25) is 0 Å². The molecule has 0 aliphatic heterocycles. The maximum Gasteiger partial charge on any atom is 0.105 e. The van der Waals surface area contributed by atoms with Gasteiger partial charge < -0.3 is 9.88 Å². The molecule has 1 aromatic heterocycles. The van der Waals surface area contributed by atoms with Crippen LogP contribution in [-0.2, 0) is 6.54 Å². The molecule has 3 heteroatoms. The Bertz CT molecular complexity index is 330. The summed E-state index contributed by atoms with van der Waals surface area (Å²) < 4.78 is 2.30. The third-order valence-electron chi connectivity index (χ3n) is 3.39. The van der Waals surface area contributed by atoms with Gasteiger partial charge in [0.1, 0.15) is 5.82 Å². The summed E-state index contributed by atoms with van der Waals surface area (Å²) in [5.41, 5.74) is 1.18. The summed E-state index contributed by atoms with van der Waals surface area (Å²) >= 11 is 0. The molecule has 18 heavy (non-hydrogen) atoms. The van der Waals surface area contributed by atoms with Gasteiger partial charge in [-0.25, -0.2) is 4.98 Å². The molecule has 1 rings (SSSR count). The standard InChI is InChI=1S/C15H29N3/c1-5-7-8-9-11-18-12-15(17-14(18)4)13(3)16-10-6-2/h12-13,16H,5-11H2,1-4H3. The lowest BCUT2D eigenvalue weighted by Gasteiger charge is -2.09. The molecule has 0 amide bonds. The van der Waals surface area contributed by atoms with Crippen LogP contribution in [0.15, 0.2) is 6.20 Å². The Morgan fingerprint density at radius 2 is 2.00 bits per heavy atom. The average molecular weight is 251 g/mol. The molecular weight excluding hydrogens is 222 g/mol. The number of imidazole rings is 1. The number of unbranched alkanes of at least 4 members (excludes halogenated alkanes) is 3. The number of nitrogens with zero attached hydrogens (tertiary/aromatic N) is 2. The molecule has 0 bridgehead atoms. The van der Waals surface area contributed by atoms with Gasteiger partial charge in [-0.1, -0.05) is 33.1 Å². The van der Waals surface area contributed by atoms with Crippen LogP contribution in [0.3, 0.4) is 0 Å². The third-order valence-corrected chi connectivity index (χ3v) is 3.39. The van der Waals surface area contributed by atoms with Crippen LogP contribution in [0, 0.1) is 6.92 Å². The van der Waals surface area contributed by atoms with Crippen LogP contribution in [0.25, 0.3) is 0 Å². The fourth-order valence-electron chi connectivity index (χ4n) is 2.14. The van der Waals surface area contributed by atoms with E-state index in [1.54, 1.807) is 0 Å². The van der Waals surface area contributed by atoms with Crippen LogP contribution in [0.5, 0.6) is 0 Å². The zero-order valence-electron chi connectivity index (χ0n) is 12.5. The van der Waals surface area contributed by atoms with E-state index in [-0.39, 0.29) is 0 Å². The first-order valence-corrected chi connectivity index (χ1v) is 7.46. The molecule has 1 unspecified atom stereocenters. The lowest BCUT2D eigenvalue weighted by molar-refractivity contribution is 0.556. The summed E-state index contributed by atoms with van der Waals surface area (Å²) in [7, 11) is 0. The summed E-state index contributed by atoms with van der Waals surface area (Å²) in [4.78, 5) is 4.66. The maximum absolute atomic E-state index is 4.66. The van der Waals surface area contributed by atoms with Gasteiger partial charge in [0.2, 0.25) is 0 Å². The molecule has 1 atom stereocenters. The zero-order valence-corrected chi connectivity index (χ0v) is 12.5. The fourth-order valence-corrected chi connectivity index (χ4v) is 2.14. The first kappa shape index (κ1) is 15.2. The zero-order chi connectivity index (χ0) is 13.4. The normalized spacial score (nSPS) is 12.9.